The molecule has 1 saturated heterocycles. The number of unbranched alkanes of at least 4 members (excludes halogenated alkanes) is 1. The molecule has 2 N–H and O–H groups in total. The van der Waals surface area contributed by atoms with Crippen LogP contribution in [0.1, 0.15) is 46.5 Å². The van der Waals surface area contributed by atoms with E-state index in [9.17, 15) is 4.79 Å². The maximum Gasteiger partial charge on any atom is 0.239 e. The number of amides is 1. The van der Waals surface area contributed by atoms with Crippen LogP contribution in [0.2, 0.25) is 0 Å². The fourth-order valence-electron chi connectivity index (χ4n) is 2.79. The maximum atomic E-state index is 12.2. The van der Waals surface area contributed by atoms with E-state index in [0.717, 1.165) is 38.4 Å². The molecule has 4 nitrogen and oxygen atoms in total. The van der Waals surface area contributed by atoms with E-state index in [0.29, 0.717) is 0 Å². The monoisotopic (exact) mass is 283 g/mol. The quantitative estimate of drug-likeness (QED) is 0.777. The van der Waals surface area contributed by atoms with Gasteiger partial charge >= 0.3 is 0 Å². The van der Waals surface area contributed by atoms with Gasteiger partial charge in [-0.05, 0) is 44.7 Å². The summed E-state index contributed by atoms with van der Waals surface area (Å²) >= 11 is 0. The van der Waals surface area contributed by atoms with Gasteiger partial charge in [0, 0.05) is 19.6 Å². The van der Waals surface area contributed by atoms with Gasteiger partial charge in [-0.25, -0.2) is 0 Å². The first-order chi connectivity index (χ1) is 9.45. The number of likely N-dealkylation sites (tertiary alicyclic amines) is 1. The molecule has 20 heavy (non-hydrogen) atoms. The summed E-state index contributed by atoms with van der Waals surface area (Å²) in [7, 11) is 2.21. The number of hydrogen-bond donors (Lipinski definition) is 1. The molecule has 1 fully saturated rings. The maximum absolute atomic E-state index is 12.2. The average molecular weight is 283 g/mol. The van der Waals surface area contributed by atoms with Crippen LogP contribution in [-0.4, -0.2) is 55.0 Å². The molecule has 1 amide bonds. The Morgan fingerprint density at radius 3 is 2.45 bits per heavy atom. The molecule has 1 aliphatic rings. The second-order valence-electron chi connectivity index (χ2n) is 6.65. The minimum Gasteiger partial charge on any atom is -0.341 e. The average Bonchev–Trinajstić information content (AvgIpc) is 2.44. The van der Waals surface area contributed by atoms with Crippen molar-refractivity contribution in [1.82, 2.24) is 9.80 Å². The molecule has 1 aliphatic heterocycles. The molecule has 118 valence electrons. The van der Waals surface area contributed by atoms with Crippen molar-refractivity contribution in [1.29, 1.82) is 0 Å². The first kappa shape index (κ1) is 17.4. The highest BCUT2D eigenvalue weighted by molar-refractivity contribution is 5.82. The molecule has 0 aromatic carbocycles. The number of rotatable bonds is 7. The standard InChI is InChI=1S/C16H33N3O/c1-5-6-9-18(4)12-14-7-10-19(11-8-14)16(20)15(17)13(2)3/h13-15H,5-12,17H2,1-4H3/t15-/m0/s1. The molecule has 0 saturated carbocycles. The van der Waals surface area contributed by atoms with Crippen molar-refractivity contribution >= 4 is 5.91 Å². The molecule has 1 heterocycles. The smallest absolute Gasteiger partial charge is 0.239 e. The van der Waals surface area contributed by atoms with E-state index in [2.05, 4.69) is 18.9 Å². The van der Waals surface area contributed by atoms with Crippen LogP contribution in [0.3, 0.4) is 0 Å². The summed E-state index contributed by atoms with van der Waals surface area (Å²) in [5.41, 5.74) is 5.96. The van der Waals surface area contributed by atoms with E-state index in [1.165, 1.54) is 19.4 Å². The van der Waals surface area contributed by atoms with Crippen LogP contribution < -0.4 is 5.73 Å². The predicted octanol–water partition coefficient (Wildman–Crippen LogP) is 1.94. The van der Waals surface area contributed by atoms with Crippen LogP contribution in [0.15, 0.2) is 0 Å². The SMILES string of the molecule is CCCCN(C)CC1CCN(C(=O)[C@@H](N)C(C)C)CC1. The van der Waals surface area contributed by atoms with Gasteiger partial charge in [-0.1, -0.05) is 27.2 Å². The summed E-state index contributed by atoms with van der Waals surface area (Å²) < 4.78 is 0. The van der Waals surface area contributed by atoms with E-state index in [1.54, 1.807) is 0 Å². The van der Waals surface area contributed by atoms with Crippen LogP contribution in [0.4, 0.5) is 0 Å². The summed E-state index contributed by atoms with van der Waals surface area (Å²) in [6.45, 7) is 10.4. The lowest BCUT2D eigenvalue weighted by molar-refractivity contribution is -0.135. The highest BCUT2D eigenvalue weighted by Crippen LogP contribution is 2.19. The fourth-order valence-corrected chi connectivity index (χ4v) is 2.79. The van der Waals surface area contributed by atoms with Gasteiger partial charge < -0.3 is 15.5 Å². The van der Waals surface area contributed by atoms with Crippen LogP contribution >= 0.6 is 0 Å². The number of nitrogens with zero attached hydrogens (tertiary/aromatic N) is 2. The highest BCUT2D eigenvalue weighted by Gasteiger charge is 2.27. The zero-order valence-electron chi connectivity index (χ0n) is 13.8. The molecule has 0 radical (unpaired) electrons. The zero-order valence-corrected chi connectivity index (χ0v) is 13.8. The van der Waals surface area contributed by atoms with Crippen molar-refractivity contribution < 1.29 is 4.79 Å². The molecule has 0 aromatic rings. The highest BCUT2D eigenvalue weighted by atomic mass is 16.2. The normalized spacial score (nSPS) is 18.9. The Morgan fingerprint density at radius 1 is 1.35 bits per heavy atom. The van der Waals surface area contributed by atoms with Gasteiger partial charge in [0.2, 0.25) is 5.91 Å². The lowest BCUT2D eigenvalue weighted by Gasteiger charge is -2.35. The molecule has 1 rings (SSSR count). The van der Waals surface area contributed by atoms with E-state index in [4.69, 9.17) is 5.73 Å². The van der Waals surface area contributed by atoms with E-state index in [-0.39, 0.29) is 17.9 Å². The Labute approximate surface area is 124 Å². The molecular weight excluding hydrogens is 250 g/mol. The topological polar surface area (TPSA) is 49.6 Å². The Kier molecular flexibility index (Phi) is 7.52. The minimum atomic E-state index is -0.334. The molecule has 0 aromatic heterocycles. The van der Waals surface area contributed by atoms with Gasteiger partial charge in [0.15, 0.2) is 0 Å². The number of hydrogen-bond acceptors (Lipinski definition) is 3. The van der Waals surface area contributed by atoms with Crippen molar-refractivity contribution in [3.8, 4) is 0 Å². The Hall–Kier alpha value is -0.610. The molecular formula is C16H33N3O. The van der Waals surface area contributed by atoms with Crippen LogP contribution in [0.5, 0.6) is 0 Å². The summed E-state index contributed by atoms with van der Waals surface area (Å²) in [6, 6.07) is -0.334. The Balaban J connectivity index is 2.31. The van der Waals surface area contributed by atoms with Crippen molar-refractivity contribution in [2.45, 2.75) is 52.5 Å². The second kappa shape index (κ2) is 8.63. The summed E-state index contributed by atoms with van der Waals surface area (Å²) in [5, 5.41) is 0. The molecule has 1 atom stereocenters. The Morgan fingerprint density at radius 2 is 1.95 bits per heavy atom. The van der Waals surface area contributed by atoms with Crippen LogP contribution in [0.25, 0.3) is 0 Å². The molecule has 0 unspecified atom stereocenters. The van der Waals surface area contributed by atoms with E-state index in [1.807, 2.05) is 18.7 Å². The second-order valence-corrected chi connectivity index (χ2v) is 6.65. The van der Waals surface area contributed by atoms with Crippen LogP contribution in [0, 0.1) is 11.8 Å². The van der Waals surface area contributed by atoms with Crippen molar-refractivity contribution in [3.63, 3.8) is 0 Å². The molecule has 0 aliphatic carbocycles. The summed E-state index contributed by atoms with van der Waals surface area (Å²) in [5.74, 6) is 1.09. The number of carbonyl (C=O) groups excluding carboxylic acids is 1. The number of piperidine rings is 1. The third kappa shape index (κ3) is 5.41. The first-order valence-corrected chi connectivity index (χ1v) is 8.18. The van der Waals surface area contributed by atoms with Gasteiger partial charge in [0.25, 0.3) is 0 Å². The third-order valence-electron chi connectivity index (χ3n) is 4.39. The van der Waals surface area contributed by atoms with Crippen molar-refractivity contribution in [2.24, 2.45) is 17.6 Å². The molecule has 0 bridgehead atoms. The number of carbonyl (C=O) groups is 1. The number of nitrogens with two attached hydrogens (primary N) is 1. The van der Waals surface area contributed by atoms with E-state index < -0.39 is 0 Å². The van der Waals surface area contributed by atoms with E-state index >= 15 is 0 Å². The van der Waals surface area contributed by atoms with Gasteiger partial charge in [-0.15, -0.1) is 0 Å². The molecule has 4 heteroatoms. The third-order valence-corrected chi connectivity index (χ3v) is 4.39. The van der Waals surface area contributed by atoms with Gasteiger partial charge in [0.05, 0.1) is 6.04 Å². The van der Waals surface area contributed by atoms with Gasteiger partial charge in [-0.2, -0.15) is 0 Å². The predicted molar refractivity (Wildman–Crippen MR) is 84.5 cm³/mol. The Bertz CT molecular complexity index is 285. The largest absolute Gasteiger partial charge is 0.341 e. The summed E-state index contributed by atoms with van der Waals surface area (Å²) in [4.78, 5) is 16.6. The fraction of sp³-hybridized carbons (Fsp3) is 0.938. The lowest BCUT2D eigenvalue weighted by Crippen LogP contribution is -2.50. The van der Waals surface area contributed by atoms with Crippen molar-refractivity contribution in [3.05, 3.63) is 0 Å². The van der Waals surface area contributed by atoms with Crippen molar-refractivity contribution in [2.75, 3.05) is 33.2 Å². The lowest BCUT2D eigenvalue weighted by atomic mass is 9.94. The van der Waals surface area contributed by atoms with Gasteiger partial charge in [0.1, 0.15) is 0 Å². The summed E-state index contributed by atoms with van der Waals surface area (Å²) in [6.07, 6.45) is 4.77. The van der Waals surface area contributed by atoms with Crippen LogP contribution in [-0.2, 0) is 4.79 Å². The first-order valence-electron chi connectivity index (χ1n) is 8.18. The van der Waals surface area contributed by atoms with Gasteiger partial charge in [-0.3, -0.25) is 4.79 Å². The minimum absolute atomic E-state index is 0.137. The molecule has 0 spiro atoms. The zero-order chi connectivity index (χ0) is 15.1.